The second kappa shape index (κ2) is 7.23. The van der Waals surface area contributed by atoms with Gasteiger partial charge in [-0.2, -0.15) is 0 Å². The number of carbonyl (C=O) groups is 1. The third-order valence-corrected chi connectivity index (χ3v) is 5.00. The van der Waals surface area contributed by atoms with Gasteiger partial charge in [0.15, 0.2) is 0 Å². The van der Waals surface area contributed by atoms with Gasteiger partial charge >= 0.3 is 0 Å². The van der Waals surface area contributed by atoms with Crippen LogP contribution >= 0.6 is 0 Å². The number of hydrogen-bond donors (Lipinski definition) is 0. The molecule has 4 heteroatoms. The SMILES string of the molecule is Cc1ccc(S(=O)c2cccn2C(=O)/C=C/c2ccccc2)cc1. The van der Waals surface area contributed by atoms with E-state index in [4.69, 9.17) is 0 Å². The zero-order valence-electron chi connectivity index (χ0n) is 13.3. The van der Waals surface area contributed by atoms with Gasteiger partial charge < -0.3 is 0 Å². The highest BCUT2D eigenvalue weighted by atomic mass is 32.2. The topological polar surface area (TPSA) is 39.1 Å². The predicted molar refractivity (Wildman–Crippen MR) is 96.4 cm³/mol. The normalized spacial score (nSPS) is 12.4. The van der Waals surface area contributed by atoms with Gasteiger partial charge in [0.1, 0.15) is 15.8 Å². The molecule has 0 spiro atoms. The molecule has 0 saturated carbocycles. The molecule has 2 aromatic carbocycles. The number of benzene rings is 2. The van der Waals surface area contributed by atoms with E-state index in [9.17, 15) is 9.00 Å². The van der Waals surface area contributed by atoms with Crippen LogP contribution in [0.15, 0.2) is 88.9 Å². The van der Waals surface area contributed by atoms with Gasteiger partial charge in [-0.1, -0.05) is 48.0 Å². The largest absolute Gasteiger partial charge is 0.276 e. The average Bonchev–Trinajstić information content (AvgIpc) is 3.10. The molecular formula is C20H17NO2S. The maximum absolute atomic E-state index is 12.7. The number of nitrogens with zero attached hydrogens (tertiary/aromatic N) is 1. The molecule has 1 heterocycles. The number of allylic oxidation sites excluding steroid dienone is 1. The summed E-state index contributed by atoms with van der Waals surface area (Å²) in [5.74, 6) is -0.223. The Morgan fingerprint density at radius 3 is 2.38 bits per heavy atom. The fraction of sp³-hybridized carbons (Fsp3) is 0.0500. The van der Waals surface area contributed by atoms with Crippen molar-refractivity contribution in [1.82, 2.24) is 4.57 Å². The van der Waals surface area contributed by atoms with E-state index in [2.05, 4.69) is 0 Å². The molecule has 0 saturated heterocycles. The quantitative estimate of drug-likeness (QED) is 0.666. The predicted octanol–water partition coefficient (Wildman–Crippen LogP) is 4.32. The smallest absolute Gasteiger partial charge is 0.255 e. The summed E-state index contributed by atoms with van der Waals surface area (Å²) < 4.78 is 14.2. The summed E-state index contributed by atoms with van der Waals surface area (Å²) in [5, 5.41) is 0.474. The van der Waals surface area contributed by atoms with Crippen molar-refractivity contribution in [3.63, 3.8) is 0 Å². The van der Waals surface area contributed by atoms with E-state index in [1.54, 1.807) is 24.4 Å². The van der Waals surface area contributed by atoms with E-state index in [0.29, 0.717) is 9.92 Å². The van der Waals surface area contributed by atoms with Crippen molar-refractivity contribution in [2.75, 3.05) is 0 Å². The van der Waals surface area contributed by atoms with Crippen LogP contribution in [0, 0.1) is 6.92 Å². The Labute approximate surface area is 143 Å². The van der Waals surface area contributed by atoms with Crippen molar-refractivity contribution in [2.45, 2.75) is 16.8 Å². The minimum absolute atomic E-state index is 0.223. The fourth-order valence-electron chi connectivity index (χ4n) is 2.29. The molecule has 1 unspecified atom stereocenters. The highest BCUT2D eigenvalue weighted by Gasteiger charge is 2.14. The van der Waals surface area contributed by atoms with Gasteiger partial charge in [-0.15, -0.1) is 0 Å². The van der Waals surface area contributed by atoms with Gasteiger partial charge in [0, 0.05) is 17.2 Å². The second-order valence-electron chi connectivity index (χ2n) is 5.38. The van der Waals surface area contributed by atoms with Crippen LogP contribution in [-0.4, -0.2) is 14.7 Å². The molecule has 0 aliphatic heterocycles. The number of hydrogen-bond acceptors (Lipinski definition) is 2. The third-order valence-electron chi connectivity index (χ3n) is 3.59. The Kier molecular flexibility index (Phi) is 4.87. The molecule has 120 valence electrons. The molecule has 3 aromatic rings. The van der Waals surface area contributed by atoms with Gasteiger partial charge in [-0.25, -0.2) is 4.21 Å². The van der Waals surface area contributed by atoms with Crippen LogP contribution < -0.4 is 0 Å². The van der Waals surface area contributed by atoms with Gasteiger partial charge in [-0.3, -0.25) is 9.36 Å². The van der Waals surface area contributed by atoms with E-state index >= 15 is 0 Å². The lowest BCUT2D eigenvalue weighted by molar-refractivity contribution is 0.0961. The molecular weight excluding hydrogens is 318 g/mol. The molecule has 0 fully saturated rings. The summed E-state index contributed by atoms with van der Waals surface area (Å²) in [4.78, 5) is 13.1. The molecule has 0 aliphatic rings. The Hall–Kier alpha value is -2.72. The Morgan fingerprint density at radius 1 is 0.958 bits per heavy atom. The third kappa shape index (κ3) is 3.60. The van der Waals surface area contributed by atoms with Crippen LogP contribution in [-0.2, 0) is 10.8 Å². The van der Waals surface area contributed by atoms with Gasteiger partial charge in [0.2, 0.25) is 0 Å². The molecule has 0 N–H and O–H groups in total. The van der Waals surface area contributed by atoms with Gasteiger partial charge in [0.05, 0.1) is 0 Å². The van der Waals surface area contributed by atoms with E-state index in [1.807, 2.05) is 61.5 Å². The second-order valence-corrected chi connectivity index (χ2v) is 6.81. The van der Waals surface area contributed by atoms with Crippen molar-refractivity contribution < 1.29 is 9.00 Å². The first-order chi connectivity index (χ1) is 11.6. The number of aryl methyl sites for hydroxylation is 1. The molecule has 0 bridgehead atoms. The van der Waals surface area contributed by atoms with E-state index < -0.39 is 10.8 Å². The number of rotatable bonds is 4. The van der Waals surface area contributed by atoms with E-state index in [0.717, 1.165) is 11.1 Å². The van der Waals surface area contributed by atoms with E-state index in [-0.39, 0.29) is 5.91 Å². The fourth-order valence-corrected chi connectivity index (χ4v) is 3.45. The number of aromatic nitrogens is 1. The summed E-state index contributed by atoms with van der Waals surface area (Å²) in [7, 11) is -1.40. The molecule has 3 rings (SSSR count). The highest BCUT2D eigenvalue weighted by Crippen LogP contribution is 2.18. The van der Waals surface area contributed by atoms with Crippen LogP contribution in [0.25, 0.3) is 6.08 Å². The molecule has 1 aromatic heterocycles. The van der Waals surface area contributed by atoms with Crippen LogP contribution in [0.5, 0.6) is 0 Å². The lowest BCUT2D eigenvalue weighted by Gasteiger charge is -2.06. The average molecular weight is 335 g/mol. The first kappa shape index (κ1) is 16.1. The molecule has 0 aliphatic carbocycles. The first-order valence-electron chi connectivity index (χ1n) is 7.58. The maximum atomic E-state index is 12.7. The van der Waals surface area contributed by atoms with Gasteiger partial charge in [0.25, 0.3) is 5.91 Å². The molecule has 3 nitrogen and oxygen atoms in total. The van der Waals surface area contributed by atoms with Crippen LogP contribution in [0.4, 0.5) is 0 Å². The number of carbonyl (C=O) groups excluding carboxylic acids is 1. The standard InChI is InChI=1S/C20H17NO2S/c1-16-9-12-18(13-10-16)24(23)20-8-5-15-21(20)19(22)14-11-17-6-3-2-4-7-17/h2-15H,1H3/b14-11+. The first-order valence-corrected chi connectivity index (χ1v) is 8.73. The van der Waals surface area contributed by atoms with E-state index in [1.165, 1.54) is 10.6 Å². The molecule has 24 heavy (non-hydrogen) atoms. The van der Waals surface area contributed by atoms with Crippen molar-refractivity contribution in [3.05, 3.63) is 90.1 Å². The monoisotopic (exact) mass is 335 g/mol. The lowest BCUT2D eigenvalue weighted by atomic mass is 10.2. The van der Waals surface area contributed by atoms with Gasteiger partial charge in [-0.05, 0) is 42.8 Å². The lowest BCUT2D eigenvalue weighted by Crippen LogP contribution is -2.11. The van der Waals surface area contributed by atoms with Crippen molar-refractivity contribution in [1.29, 1.82) is 0 Å². The van der Waals surface area contributed by atoms with Crippen molar-refractivity contribution in [3.8, 4) is 0 Å². The Morgan fingerprint density at radius 2 is 1.67 bits per heavy atom. The van der Waals surface area contributed by atoms with Crippen molar-refractivity contribution >= 4 is 22.8 Å². The Bertz CT molecular complexity index is 893. The van der Waals surface area contributed by atoms with Crippen molar-refractivity contribution in [2.24, 2.45) is 0 Å². The molecule has 0 radical (unpaired) electrons. The molecule has 0 amide bonds. The minimum atomic E-state index is -1.40. The Balaban J connectivity index is 1.84. The summed E-state index contributed by atoms with van der Waals surface area (Å²) >= 11 is 0. The van der Waals surface area contributed by atoms with Crippen LogP contribution in [0.3, 0.4) is 0 Å². The summed E-state index contributed by atoms with van der Waals surface area (Å²) in [6.07, 6.45) is 4.88. The maximum Gasteiger partial charge on any atom is 0.255 e. The summed E-state index contributed by atoms with van der Waals surface area (Å²) in [6, 6.07) is 20.5. The highest BCUT2D eigenvalue weighted by molar-refractivity contribution is 7.85. The zero-order valence-corrected chi connectivity index (χ0v) is 14.1. The van der Waals surface area contributed by atoms with Crippen LogP contribution in [0.2, 0.25) is 0 Å². The minimum Gasteiger partial charge on any atom is -0.276 e. The van der Waals surface area contributed by atoms with Crippen LogP contribution in [0.1, 0.15) is 15.9 Å². The molecule has 1 atom stereocenters. The summed E-state index contributed by atoms with van der Waals surface area (Å²) in [5.41, 5.74) is 2.05. The summed E-state index contributed by atoms with van der Waals surface area (Å²) in [6.45, 7) is 1.98. The zero-order chi connectivity index (χ0) is 16.9.